The van der Waals surface area contributed by atoms with Crippen molar-refractivity contribution in [3.8, 4) is 0 Å². The number of nitrogens with zero attached hydrogens (tertiary/aromatic N) is 1. The van der Waals surface area contributed by atoms with Crippen molar-refractivity contribution in [2.45, 2.75) is 45.6 Å². The van der Waals surface area contributed by atoms with E-state index in [0.717, 1.165) is 5.76 Å². The molecule has 2 heterocycles. The molecule has 0 radical (unpaired) electrons. The van der Waals surface area contributed by atoms with Crippen LogP contribution < -0.4 is 5.32 Å². The quantitative estimate of drug-likeness (QED) is 0.853. The van der Waals surface area contributed by atoms with Gasteiger partial charge in [0.2, 0.25) is 0 Å². The van der Waals surface area contributed by atoms with Gasteiger partial charge in [0.1, 0.15) is 23.7 Å². The first-order valence-electron chi connectivity index (χ1n) is 7.85. The number of hydrogen-bond donors (Lipinski definition) is 2. The maximum absolute atomic E-state index is 12.3. The number of furan rings is 1. The topological polar surface area (TPSA) is 84.2 Å². The van der Waals surface area contributed by atoms with Gasteiger partial charge in [-0.1, -0.05) is 0 Å². The predicted octanol–water partition coefficient (Wildman–Crippen LogP) is 1.50. The first-order chi connectivity index (χ1) is 10.9. The average Bonchev–Trinajstić information content (AvgIpc) is 2.94. The molecule has 130 valence electrons. The summed E-state index contributed by atoms with van der Waals surface area (Å²) in [5.41, 5.74) is -0.512. The summed E-state index contributed by atoms with van der Waals surface area (Å²) in [6, 6.07) is 3.49. The van der Waals surface area contributed by atoms with Gasteiger partial charge in [-0.25, -0.2) is 4.79 Å². The third-order valence-corrected chi connectivity index (χ3v) is 3.41. The van der Waals surface area contributed by atoms with E-state index in [9.17, 15) is 4.79 Å². The van der Waals surface area contributed by atoms with E-state index in [1.165, 1.54) is 0 Å². The van der Waals surface area contributed by atoms with Crippen molar-refractivity contribution in [2.75, 3.05) is 26.3 Å². The fourth-order valence-corrected chi connectivity index (χ4v) is 2.35. The Morgan fingerprint density at radius 1 is 1.43 bits per heavy atom. The van der Waals surface area contributed by atoms with E-state index in [1.54, 1.807) is 11.0 Å². The Hall–Kier alpha value is -1.57. The van der Waals surface area contributed by atoms with Crippen LogP contribution in [0, 0.1) is 0 Å². The number of aliphatic hydroxyl groups excluding tert-OH is 1. The smallest absolute Gasteiger partial charge is 0.410 e. The van der Waals surface area contributed by atoms with Crippen molar-refractivity contribution in [2.24, 2.45) is 0 Å². The number of morpholine rings is 1. The Morgan fingerprint density at radius 3 is 2.83 bits per heavy atom. The van der Waals surface area contributed by atoms with Crippen LogP contribution in [0.2, 0.25) is 0 Å². The Bertz CT molecular complexity index is 509. The van der Waals surface area contributed by atoms with Gasteiger partial charge in [-0.2, -0.15) is 0 Å². The molecule has 0 aromatic carbocycles. The van der Waals surface area contributed by atoms with E-state index in [2.05, 4.69) is 5.32 Å². The maximum Gasteiger partial charge on any atom is 0.410 e. The third kappa shape index (κ3) is 5.53. The van der Waals surface area contributed by atoms with Gasteiger partial charge in [-0.15, -0.1) is 0 Å². The molecular formula is C16H26N2O5. The van der Waals surface area contributed by atoms with Crippen molar-refractivity contribution >= 4 is 6.09 Å². The van der Waals surface area contributed by atoms with Crippen molar-refractivity contribution in [1.29, 1.82) is 0 Å². The molecule has 1 aromatic heterocycles. The molecule has 23 heavy (non-hydrogen) atoms. The second-order valence-corrected chi connectivity index (χ2v) is 6.56. The average molecular weight is 326 g/mol. The van der Waals surface area contributed by atoms with Gasteiger partial charge in [0.15, 0.2) is 0 Å². The molecule has 0 aliphatic carbocycles. The van der Waals surface area contributed by atoms with Crippen LogP contribution in [0.5, 0.6) is 0 Å². The summed E-state index contributed by atoms with van der Waals surface area (Å²) >= 11 is 0. The standard InChI is InChI=1S/C16H26N2O5/c1-16(2,3)23-15(20)18-6-7-21-11-12(18)8-17-9-13-4-5-14(10-19)22-13/h4-5,12,17,19H,6-11H2,1-3H3. The number of amides is 1. The van der Waals surface area contributed by atoms with Gasteiger partial charge in [-0.3, -0.25) is 4.90 Å². The van der Waals surface area contributed by atoms with E-state index < -0.39 is 5.60 Å². The molecule has 1 aliphatic heterocycles. The van der Waals surface area contributed by atoms with Crippen molar-refractivity contribution in [3.05, 3.63) is 23.7 Å². The van der Waals surface area contributed by atoms with Crippen molar-refractivity contribution < 1.29 is 23.8 Å². The molecule has 7 nitrogen and oxygen atoms in total. The molecule has 0 spiro atoms. The number of ether oxygens (including phenoxy) is 2. The molecule has 0 bridgehead atoms. The van der Waals surface area contributed by atoms with Gasteiger partial charge < -0.3 is 24.3 Å². The van der Waals surface area contributed by atoms with E-state index in [1.807, 2.05) is 26.8 Å². The Morgan fingerprint density at radius 2 is 2.17 bits per heavy atom. The van der Waals surface area contributed by atoms with Crippen LogP contribution in [0.3, 0.4) is 0 Å². The lowest BCUT2D eigenvalue weighted by Crippen LogP contribution is -2.53. The number of nitrogens with one attached hydrogen (secondary N) is 1. The largest absolute Gasteiger partial charge is 0.462 e. The summed E-state index contributed by atoms with van der Waals surface area (Å²) in [5.74, 6) is 1.28. The molecule has 1 aliphatic rings. The number of carbonyl (C=O) groups excluding carboxylic acids is 1. The number of aliphatic hydroxyl groups is 1. The van der Waals surface area contributed by atoms with Gasteiger partial charge in [0, 0.05) is 13.1 Å². The lowest BCUT2D eigenvalue weighted by Gasteiger charge is -2.36. The normalized spacial score (nSPS) is 19.0. The second-order valence-electron chi connectivity index (χ2n) is 6.56. The molecular weight excluding hydrogens is 300 g/mol. The monoisotopic (exact) mass is 326 g/mol. The highest BCUT2D eigenvalue weighted by Gasteiger charge is 2.30. The fraction of sp³-hybridized carbons (Fsp3) is 0.688. The second kappa shape index (κ2) is 7.81. The first-order valence-corrected chi connectivity index (χ1v) is 7.85. The summed E-state index contributed by atoms with van der Waals surface area (Å²) in [6.07, 6.45) is -0.312. The Balaban J connectivity index is 1.84. The summed E-state index contributed by atoms with van der Waals surface area (Å²) in [4.78, 5) is 14.0. The highest BCUT2D eigenvalue weighted by molar-refractivity contribution is 5.68. The van der Waals surface area contributed by atoms with Crippen molar-refractivity contribution in [1.82, 2.24) is 10.2 Å². The summed E-state index contributed by atoms with van der Waals surface area (Å²) in [5, 5.41) is 12.2. The zero-order valence-corrected chi connectivity index (χ0v) is 14.0. The molecule has 1 amide bonds. The summed E-state index contributed by atoms with van der Waals surface area (Å²) in [7, 11) is 0. The minimum absolute atomic E-state index is 0.0779. The third-order valence-electron chi connectivity index (χ3n) is 3.41. The van der Waals surface area contributed by atoms with Crippen LogP contribution in [-0.2, 0) is 22.6 Å². The fourth-order valence-electron chi connectivity index (χ4n) is 2.35. The molecule has 1 aromatic rings. The lowest BCUT2D eigenvalue weighted by atomic mass is 10.2. The Kier molecular flexibility index (Phi) is 6.04. The van der Waals surface area contributed by atoms with Crippen LogP contribution in [0.15, 0.2) is 16.5 Å². The van der Waals surface area contributed by atoms with E-state index >= 15 is 0 Å². The van der Waals surface area contributed by atoms with E-state index in [0.29, 0.717) is 38.6 Å². The molecule has 1 fully saturated rings. The van der Waals surface area contributed by atoms with Crippen LogP contribution in [0.1, 0.15) is 32.3 Å². The zero-order valence-electron chi connectivity index (χ0n) is 14.0. The molecule has 2 rings (SSSR count). The first kappa shape index (κ1) is 17.8. The number of hydrogen-bond acceptors (Lipinski definition) is 6. The summed E-state index contributed by atoms with van der Waals surface area (Å²) in [6.45, 7) is 8.09. The lowest BCUT2D eigenvalue weighted by molar-refractivity contribution is -0.0318. The zero-order chi connectivity index (χ0) is 16.9. The molecule has 1 atom stereocenters. The minimum atomic E-state index is -0.512. The van der Waals surface area contributed by atoms with Gasteiger partial charge >= 0.3 is 6.09 Å². The van der Waals surface area contributed by atoms with Crippen molar-refractivity contribution in [3.63, 3.8) is 0 Å². The Labute approximate surface area is 136 Å². The van der Waals surface area contributed by atoms with E-state index in [-0.39, 0.29) is 18.7 Å². The number of rotatable bonds is 5. The SMILES string of the molecule is CC(C)(C)OC(=O)N1CCOCC1CNCc1ccc(CO)o1. The van der Waals surface area contributed by atoms with E-state index in [4.69, 9.17) is 19.0 Å². The molecule has 0 saturated carbocycles. The molecule has 1 unspecified atom stereocenters. The van der Waals surface area contributed by atoms with Crippen LogP contribution >= 0.6 is 0 Å². The maximum atomic E-state index is 12.3. The van der Waals surface area contributed by atoms with Crippen LogP contribution in [0.4, 0.5) is 4.79 Å². The molecule has 2 N–H and O–H groups in total. The van der Waals surface area contributed by atoms with Crippen LogP contribution in [-0.4, -0.2) is 54.0 Å². The van der Waals surface area contributed by atoms with Gasteiger partial charge in [-0.05, 0) is 32.9 Å². The predicted molar refractivity (Wildman–Crippen MR) is 83.9 cm³/mol. The van der Waals surface area contributed by atoms with Gasteiger partial charge in [0.05, 0.1) is 25.8 Å². The highest BCUT2D eigenvalue weighted by atomic mass is 16.6. The summed E-state index contributed by atoms with van der Waals surface area (Å²) < 4.78 is 16.3. The molecule has 1 saturated heterocycles. The minimum Gasteiger partial charge on any atom is -0.462 e. The highest BCUT2D eigenvalue weighted by Crippen LogP contribution is 2.14. The van der Waals surface area contributed by atoms with Gasteiger partial charge in [0.25, 0.3) is 0 Å². The number of carbonyl (C=O) groups is 1. The van der Waals surface area contributed by atoms with Crippen LogP contribution in [0.25, 0.3) is 0 Å². The molecule has 7 heteroatoms.